The van der Waals surface area contributed by atoms with Gasteiger partial charge in [-0.1, -0.05) is 24.6 Å². The summed E-state index contributed by atoms with van der Waals surface area (Å²) in [4.78, 5) is 35.2. The molecule has 0 unspecified atom stereocenters. The summed E-state index contributed by atoms with van der Waals surface area (Å²) in [5.74, 6) is -0.859. The minimum atomic E-state index is -0.859. The maximum atomic E-state index is 11.9. The van der Waals surface area contributed by atoms with Crippen molar-refractivity contribution in [1.82, 2.24) is 15.5 Å². The smallest absolute Gasteiger partial charge is 0.317 e. The third-order valence-electron chi connectivity index (χ3n) is 4.63. The number of urea groups is 1. The van der Waals surface area contributed by atoms with Crippen LogP contribution in [0.4, 0.5) is 10.5 Å². The zero-order chi connectivity index (χ0) is 20.0. The maximum Gasteiger partial charge on any atom is 0.317 e. The Kier molecular flexibility index (Phi) is 7.37. The fourth-order valence-electron chi connectivity index (χ4n) is 3.14. The van der Waals surface area contributed by atoms with Crippen molar-refractivity contribution in [2.45, 2.75) is 38.3 Å². The number of carboxylic acid groups (broad SMARTS) is 1. The number of amides is 2. The fourth-order valence-corrected chi connectivity index (χ4v) is 3.31. The molecule has 2 amide bonds. The van der Waals surface area contributed by atoms with Crippen molar-refractivity contribution in [2.24, 2.45) is 0 Å². The maximum absolute atomic E-state index is 11.9. The number of rotatable bonds is 9. The monoisotopic (exact) mass is 398 g/mol. The summed E-state index contributed by atoms with van der Waals surface area (Å²) in [7, 11) is 0. The van der Waals surface area contributed by atoms with Gasteiger partial charge in [0.2, 0.25) is 0 Å². The zero-order valence-electron chi connectivity index (χ0n) is 15.0. The predicted octanol–water partition coefficient (Wildman–Crippen LogP) is 2.03. The van der Waals surface area contributed by atoms with Gasteiger partial charge in [0.05, 0.1) is 11.5 Å². The van der Waals surface area contributed by atoms with Crippen molar-refractivity contribution >= 4 is 29.3 Å². The molecular formula is C17H23ClN4O5. The minimum Gasteiger partial charge on any atom is -0.480 e. The lowest BCUT2D eigenvalue weighted by molar-refractivity contribution is -0.385. The van der Waals surface area contributed by atoms with Gasteiger partial charge in [-0.15, -0.1) is 0 Å². The summed E-state index contributed by atoms with van der Waals surface area (Å²) >= 11 is 5.78. The lowest BCUT2D eigenvalue weighted by Crippen LogP contribution is -2.56. The largest absolute Gasteiger partial charge is 0.480 e. The molecule has 1 saturated carbocycles. The normalized spacial score (nSPS) is 18.6. The van der Waals surface area contributed by atoms with Crippen LogP contribution in [0.3, 0.4) is 0 Å². The van der Waals surface area contributed by atoms with E-state index in [-0.39, 0.29) is 36.9 Å². The molecule has 0 spiro atoms. The van der Waals surface area contributed by atoms with Gasteiger partial charge in [0, 0.05) is 35.3 Å². The highest BCUT2D eigenvalue weighted by molar-refractivity contribution is 6.30. The number of nitro benzene ring substituents is 1. The second-order valence-corrected chi connectivity index (χ2v) is 6.90. The van der Waals surface area contributed by atoms with Crippen LogP contribution in [0.5, 0.6) is 0 Å². The molecule has 0 radical (unpaired) electrons. The molecule has 10 heteroatoms. The number of hydrogen-bond acceptors (Lipinski definition) is 5. The van der Waals surface area contributed by atoms with Crippen molar-refractivity contribution in [2.75, 3.05) is 19.6 Å². The topological polar surface area (TPSA) is 125 Å². The molecule has 148 valence electrons. The van der Waals surface area contributed by atoms with E-state index in [1.807, 2.05) is 11.8 Å². The van der Waals surface area contributed by atoms with Crippen LogP contribution in [-0.2, 0) is 11.2 Å². The van der Waals surface area contributed by atoms with Gasteiger partial charge in [-0.3, -0.25) is 19.8 Å². The number of benzene rings is 1. The first-order valence-corrected chi connectivity index (χ1v) is 9.11. The first-order valence-electron chi connectivity index (χ1n) is 8.73. The molecule has 0 saturated heterocycles. The van der Waals surface area contributed by atoms with Crippen LogP contribution in [0.25, 0.3) is 0 Å². The zero-order valence-corrected chi connectivity index (χ0v) is 15.7. The van der Waals surface area contributed by atoms with E-state index in [4.69, 9.17) is 16.7 Å². The number of halogens is 1. The first-order chi connectivity index (χ1) is 12.8. The Hall–Kier alpha value is -2.39. The average molecular weight is 399 g/mol. The van der Waals surface area contributed by atoms with Crippen LogP contribution in [0.15, 0.2) is 18.2 Å². The second kappa shape index (κ2) is 9.52. The minimum absolute atomic E-state index is 0.0000447. The summed E-state index contributed by atoms with van der Waals surface area (Å²) in [6, 6.07) is 4.28. The Bertz CT molecular complexity index is 709. The van der Waals surface area contributed by atoms with Crippen molar-refractivity contribution in [3.05, 3.63) is 38.9 Å². The molecule has 0 aromatic heterocycles. The highest BCUT2D eigenvalue weighted by atomic mass is 35.5. The molecule has 27 heavy (non-hydrogen) atoms. The van der Waals surface area contributed by atoms with Crippen LogP contribution >= 0.6 is 11.6 Å². The Morgan fingerprint density at radius 1 is 1.41 bits per heavy atom. The quantitative estimate of drug-likeness (QED) is 0.431. The molecule has 2 rings (SSSR count). The molecule has 1 fully saturated rings. The van der Waals surface area contributed by atoms with E-state index in [1.54, 1.807) is 12.1 Å². The van der Waals surface area contributed by atoms with E-state index in [0.717, 1.165) is 0 Å². The van der Waals surface area contributed by atoms with Crippen LogP contribution in [0, 0.1) is 10.1 Å². The number of aliphatic carboxylic acids is 1. The summed E-state index contributed by atoms with van der Waals surface area (Å²) in [5, 5.41) is 25.7. The Balaban J connectivity index is 1.72. The Labute approximate surface area is 161 Å². The van der Waals surface area contributed by atoms with E-state index < -0.39 is 10.9 Å². The number of nitrogens with zero attached hydrogens (tertiary/aromatic N) is 2. The van der Waals surface area contributed by atoms with Crippen molar-refractivity contribution in [3.63, 3.8) is 0 Å². The molecule has 1 aliphatic rings. The molecule has 0 heterocycles. The van der Waals surface area contributed by atoms with Gasteiger partial charge in [0.25, 0.3) is 5.69 Å². The van der Waals surface area contributed by atoms with Gasteiger partial charge >= 0.3 is 12.0 Å². The lowest BCUT2D eigenvalue weighted by Gasteiger charge is -2.42. The number of carbonyl (C=O) groups excluding carboxylic acids is 1. The molecule has 0 atom stereocenters. The van der Waals surface area contributed by atoms with Crippen molar-refractivity contribution < 1.29 is 19.6 Å². The van der Waals surface area contributed by atoms with E-state index >= 15 is 0 Å². The summed E-state index contributed by atoms with van der Waals surface area (Å²) in [6.45, 7) is 2.81. The molecule has 3 N–H and O–H groups in total. The number of nitrogens with one attached hydrogen (secondary N) is 2. The number of carbonyl (C=O) groups is 2. The van der Waals surface area contributed by atoms with Gasteiger partial charge in [0.15, 0.2) is 0 Å². The van der Waals surface area contributed by atoms with E-state index in [1.165, 1.54) is 6.07 Å². The van der Waals surface area contributed by atoms with Gasteiger partial charge in [-0.25, -0.2) is 4.79 Å². The third kappa shape index (κ3) is 6.07. The van der Waals surface area contributed by atoms with Crippen LogP contribution < -0.4 is 10.6 Å². The van der Waals surface area contributed by atoms with Crippen LogP contribution in [-0.4, -0.2) is 58.6 Å². The summed E-state index contributed by atoms with van der Waals surface area (Å²) in [5.41, 5.74) is 0.435. The van der Waals surface area contributed by atoms with E-state index in [0.29, 0.717) is 36.4 Å². The van der Waals surface area contributed by atoms with Gasteiger partial charge in [-0.2, -0.15) is 0 Å². The highest BCUT2D eigenvalue weighted by Crippen LogP contribution is 2.25. The van der Waals surface area contributed by atoms with Gasteiger partial charge in [-0.05, 0) is 31.9 Å². The summed E-state index contributed by atoms with van der Waals surface area (Å²) in [6.07, 6.45) is 1.73. The molecule has 1 aromatic rings. The van der Waals surface area contributed by atoms with E-state index in [9.17, 15) is 19.7 Å². The lowest BCUT2D eigenvalue weighted by atomic mass is 9.85. The standard InChI is InChI=1S/C17H23ClN4O5/c1-2-21(10-16(23)24)14-8-13(9-14)20-17(25)19-6-5-11-3-4-12(18)7-15(11)22(26)27/h3-4,7,13-14H,2,5-6,8-10H2,1H3,(H,23,24)(H2,19,20,25). The number of carboxylic acids is 1. The predicted molar refractivity (Wildman–Crippen MR) is 100 cm³/mol. The molecule has 1 aromatic carbocycles. The second-order valence-electron chi connectivity index (χ2n) is 6.46. The molecule has 1 aliphatic carbocycles. The molecule has 9 nitrogen and oxygen atoms in total. The number of hydrogen-bond donors (Lipinski definition) is 3. The van der Waals surface area contributed by atoms with Crippen LogP contribution in [0.2, 0.25) is 5.02 Å². The van der Waals surface area contributed by atoms with Crippen molar-refractivity contribution in [3.8, 4) is 0 Å². The van der Waals surface area contributed by atoms with Crippen LogP contribution in [0.1, 0.15) is 25.3 Å². The van der Waals surface area contributed by atoms with Gasteiger partial charge < -0.3 is 15.7 Å². The molecule has 0 aliphatic heterocycles. The Morgan fingerprint density at radius 3 is 2.70 bits per heavy atom. The molecule has 0 bridgehead atoms. The molecular weight excluding hydrogens is 376 g/mol. The van der Waals surface area contributed by atoms with Crippen molar-refractivity contribution in [1.29, 1.82) is 0 Å². The van der Waals surface area contributed by atoms with E-state index in [2.05, 4.69) is 10.6 Å². The summed E-state index contributed by atoms with van der Waals surface area (Å²) < 4.78 is 0. The van der Waals surface area contributed by atoms with Gasteiger partial charge in [0.1, 0.15) is 0 Å². The fraction of sp³-hybridized carbons (Fsp3) is 0.529. The SMILES string of the molecule is CCN(CC(=O)O)C1CC(NC(=O)NCCc2ccc(Cl)cc2[N+](=O)[O-])C1. The third-order valence-corrected chi connectivity index (χ3v) is 4.87. The Morgan fingerprint density at radius 2 is 2.11 bits per heavy atom. The highest BCUT2D eigenvalue weighted by Gasteiger charge is 2.34. The number of nitro groups is 1. The average Bonchev–Trinajstić information content (AvgIpc) is 2.56. The first kappa shape index (κ1) is 20.9. The number of likely N-dealkylation sites (N-methyl/N-ethyl adjacent to an activating group) is 1.